The lowest BCUT2D eigenvalue weighted by Crippen LogP contribution is -2.68. The number of fused-ring (bicyclic) bond motifs is 5. The Bertz CT molecular complexity index is 1230. The third-order valence-corrected chi connectivity index (χ3v) is 13.2. The van der Waals surface area contributed by atoms with Crippen molar-refractivity contribution in [3.05, 3.63) is 12.2 Å². The monoisotopic (exact) mass is 678 g/mol. The number of aliphatic hydroxyl groups excluding tert-OH is 6. The van der Waals surface area contributed by atoms with E-state index in [9.17, 15) is 48.7 Å². The van der Waals surface area contributed by atoms with Crippen LogP contribution in [0.4, 0.5) is 0 Å². The molecular formula is C32H54O13S. The summed E-state index contributed by atoms with van der Waals surface area (Å²) < 4.78 is 48.3. The van der Waals surface area contributed by atoms with Crippen molar-refractivity contribution < 1.29 is 62.4 Å². The van der Waals surface area contributed by atoms with Gasteiger partial charge in [0.15, 0.2) is 6.29 Å². The number of hydrogen-bond acceptors (Lipinski definition) is 12. The molecule has 1 heterocycles. The van der Waals surface area contributed by atoms with E-state index in [1.807, 2.05) is 46.8 Å². The highest BCUT2D eigenvalue weighted by Gasteiger charge is 2.72. The van der Waals surface area contributed by atoms with Crippen LogP contribution in [0.3, 0.4) is 0 Å². The molecule has 14 heteroatoms. The molecule has 5 rings (SSSR count). The van der Waals surface area contributed by atoms with Gasteiger partial charge >= 0.3 is 10.4 Å². The lowest BCUT2D eigenvalue weighted by molar-refractivity contribution is -0.280. The normalized spacial score (nSPS) is 51.0. The van der Waals surface area contributed by atoms with Crippen LogP contribution in [0.2, 0.25) is 0 Å². The van der Waals surface area contributed by atoms with E-state index in [0.717, 1.165) is 0 Å². The minimum atomic E-state index is -4.65. The summed E-state index contributed by atoms with van der Waals surface area (Å²) >= 11 is 0. The second kappa shape index (κ2) is 12.9. The minimum absolute atomic E-state index is 0.0367. The summed E-state index contributed by atoms with van der Waals surface area (Å²) in [6, 6.07) is 0. The first-order chi connectivity index (χ1) is 21.2. The van der Waals surface area contributed by atoms with Gasteiger partial charge in [-0.05, 0) is 72.5 Å². The predicted molar refractivity (Wildman–Crippen MR) is 163 cm³/mol. The van der Waals surface area contributed by atoms with E-state index < -0.39 is 93.8 Å². The van der Waals surface area contributed by atoms with E-state index in [4.69, 9.17) is 13.7 Å². The second-order valence-electron chi connectivity index (χ2n) is 15.7. The van der Waals surface area contributed by atoms with Gasteiger partial charge in [0, 0.05) is 12.3 Å². The molecule has 4 aliphatic carbocycles. The fraction of sp³-hybridized carbons (Fsp3) is 0.938. The molecule has 266 valence electrons. The zero-order valence-electron chi connectivity index (χ0n) is 27.3. The zero-order chi connectivity index (χ0) is 34.1. The van der Waals surface area contributed by atoms with Crippen LogP contribution in [0.1, 0.15) is 73.1 Å². The molecular weight excluding hydrogens is 624 g/mol. The van der Waals surface area contributed by atoms with Crippen molar-refractivity contribution in [3.8, 4) is 0 Å². The van der Waals surface area contributed by atoms with Gasteiger partial charge in [-0.15, -0.1) is 0 Å². The van der Waals surface area contributed by atoms with Crippen molar-refractivity contribution in [1.29, 1.82) is 0 Å². The van der Waals surface area contributed by atoms with Crippen LogP contribution in [-0.2, 0) is 24.1 Å². The average Bonchev–Trinajstić information content (AvgIpc) is 3.15. The topological polar surface area (TPSA) is 224 Å². The Balaban J connectivity index is 1.36. The van der Waals surface area contributed by atoms with E-state index in [2.05, 4.69) is 0 Å². The van der Waals surface area contributed by atoms with Gasteiger partial charge in [0.05, 0.1) is 42.7 Å². The van der Waals surface area contributed by atoms with Crippen LogP contribution < -0.4 is 0 Å². The molecule has 0 aromatic carbocycles. The fourth-order valence-corrected chi connectivity index (χ4v) is 11.1. The van der Waals surface area contributed by atoms with Gasteiger partial charge in [0.25, 0.3) is 0 Å². The first-order valence-electron chi connectivity index (χ1n) is 16.7. The Kier molecular flexibility index (Phi) is 10.2. The third kappa shape index (κ3) is 6.24. The molecule has 46 heavy (non-hydrogen) atoms. The van der Waals surface area contributed by atoms with E-state index in [1.54, 1.807) is 0 Å². The lowest BCUT2D eigenvalue weighted by atomic mass is 9.42. The SMILES string of the molecule is CC(C)C(C=CC(C)C1C(O)C(O)C2C1(C)CCC1C3(C)CCC(OS(=O)(=O)O)CC3C(O)CC12O)OC1OCC(O)C(O)C1O. The summed E-state index contributed by atoms with van der Waals surface area (Å²) in [5.41, 5.74) is -2.77. The van der Waals surface area contributed by atoms with Crippen molar-refractivity contribution in [2.75, 3.05) is 6.61 Å². The number of ether oxygens (including phenoxy) is 2. The number of aliphatic hydroxyl groups is 7. The maximum atomic E-state index is 12.6. The maximum Gasteiger partial charge on any atom is 0.397 e. The number of allylic oxidation sites excluding steroid dienone is 1. The van der Waals surface area contributed by atoms with Crippen LogP contribution >= 0.6 is 0 Å². The van der Waals surface area contributed by atoms with Crippen molar-refractivity contribution in [2.24, 2.45) is 46.3 Å². The number of hydrogen-bond donors (Lipinski definition) is 8. The molecule has 17 unspecified atom stereocenters. The van der Waals surface area contributed by atoms with Gasteiger partial charge in [-0.3, -0.25) is 4.55 Å². The molecule has 1 saturated heterocycles. The van der Waals surface area contributed by atoms with Gasteiger partial charge in [-0.1, -0.05) is 46.8 Å². The molecule has 0 aromatic rings. The fourth-order valence-electron chi connectivity index (χ4n) is 10.6. The first kappa shape index (κ1) is 36.5. The maximum absolute atomic E-state index is 12.6. The smallest absolute Gasteiger partial charge is 0.393 e. The molecule has 5 aliphatic rings. The Morgan fingerprint density at radius 1 is 0.870 bits per heavy atom. The first-order valence-corrected chi connectivity index (χ1v) is 18.0. The standard InChI is InChI=1S/C32H54O13S/c1-15(2)21(44-29-27(38)24(35)20(34)14-43-29)7-6-16(3)23-25(36)26(37)28-31(23,5)11-9-22-30(4)10-8-17(45-46(40,41)42)12-18(30)19(33)13-32(22,28)39/h6-7,15-29,33-39H,8-14H2,1-5H3,(H,40,41,42). The molecule has 0 amide bonds. The Morgan fingerprint density at radius 2 is 1.52 bits per heavy atom. The van der Waals surface area contributed by atoms with Gasteiger partial charge < -0.3 is 45.2 Å². The molecule has 0 bridgehead atoms. The molecule has 0 radical (unpaired) electrons. The Hall–Kier alpha value is -0.750. The van der Waals surface area contributed by atoms with E-state index >= 15 is 0 Å². The van der Waals surface area contributed by atoms with Gasteiger partial charge in [-0.2, -0.15) is 8.42 Å². The van der Waals surface area contributed by atoms with Crippen LogP contribution in [0.15, 0.2) is 12.2 Å². The van der Waals surface area contributed by atoms with Crippen molar-refractivity contribution >= 4 is 10.4 Å². The lowest BCUT2D eigenvalue weighted by Gasteiger charge is -2.65. The molecule has 13 nitrogen and oxygen atoms in total. The summed E-state index contributed by atoms with van der Waals surface area (Å²) in [6.07, 6.45) is -4.06. The van der Waals surface area contributed by atoms with Crippen LogP contribution in [0, 0.1) is 46.3 Å². The molecule has 1 aliphatic heterocycles. The Morgan fingerprint density at radius 3 is 2.15 bits per heavy atom. The van der Waals surface area contributed by atoms with Crippen LogP contribution in [-0.4, -0.2) is 116 Å². The van der Waals surface area contributed by atoms with Gasteiger partial charge in [0.1, 0.15) is 18.3 Å². The van der Waals surface area contributed by atoms with E-state index in [-0.39, 0.29) is 43.1 Å². The largest absolute Gasteiger partial charge is 0.397 e. The molecule has 0 spiro atoms. The van der Waals surface area contributed by atoms with Gasteiger partial charge in [-0.25, -0.2) is 4.18 Å². The summed E-state index contributed by atoms with van der Waals surface area (Å²) in [5.74, 6) is -2.22. The summed E-state index contributed by atoms with van der Waals surface area (Å²) in [5, 5.41) is 77.4. The average molecular weight is 679 g/mol. The third-order valence-electron chi connectivity index (χ3n) is 12.6. The predicted octanol–water partition coefficient (Wildman–Crippen LogP) is 0.533. The Labute approximate surface area is 271 Å². The molecule has 5 fully saturated rings. The van der Waals surface area contributed by atoms with E-state index in [0.29, 0.717) is 25.7 Å². The summed E-state index contributed by atoms with van der Waals surface area (Å²) in [4.78, 5) is 0. The molecule has 4 saturated carbocycles. The second-order valence-corrected chi connectivity index (χ2v) is 16.8. The van der Waals surface area contributed by atoms with Crippen LogP contribution in [0.5, 0.6) is 0 Å². The van der Waals surface area contributed by atoms with E-state index in [1.165, 1.54) is 0 Å². The summed E-state index contributed by atoms with van der Waals surface area (Å²) in [6.45, 7) is 9.60. The van der Waals surface area contributed by atoms with Crippen molar-refractivity contribution in [1.82, 2.24) is 0 Å². The van der Waals surface area contributed by atoms with Gasteiger partial charge in [0.2, 0.25) is 0 Å². The minimum Gasteiger partial charge on any atom is -0.393 e. The molecule has 8 N–H and O–H groups in total. The number of rotatable bonds is 8. The van der Waals surface area contributed by atoms with Crippen molar-refractivity contribution in [2.45, 2.75) is 134 Å². The van der Waals surface area contributed by atoms with Crippen LogP contribution in [0.25, 0.3) is 0 Å². The quantitative estimate of drug-likeness (QED) is 0.130. The van der Waals surface area contributed by atoms with Crippen molar-refractivity contribution in [3.63, 3.8) is 0 Å². The zero-order valence-corrected chi connectivity index (χ0v) is 28.1. The summed E-state index contributed by atoms with van der Waals surface area (Å²) in [7, 11) is -4.65. The highest BCUT2D eigenvalue weighted by atomic mass is 32.3. The molecule has 0 aromatic heterocycles. The highest BCUT2D eigenvalue weighted by molar-refractivity contribution is 7.80. The highest BCUT2D eigenvalue weighted by Crippen LogP contribution is 2.69. The molecule has 17 atom stereocenters.